The Hall–Kier alpha value is -0.870. The summed E-state index contributed by atoms with van der Waals surface area (Å²) in [5.74, 6) is -0.596. The summed E-state index contributed by atoms with van der Waals surface area (Å²) in [7, 11) is 0. The predicted molar refractivity (Wildman–Crippen MR) is 78.4 cm³/mol. The Balaban J connectivity index is 2.41. The smallest absolute Gasteiger partial charge is 0.303 e. The Morgan fingerprint density at radius 3 is 2.75 bits per heavy atom. The molecule has 1 fully saturated rings. The Morgan fingerprint density at radius 2 is 2.10 bits per heavy atom. The van der Waals surface area contributed by atoms with Gasteiger partial charge in [0.05, 0.1) is 12.2 Å². The van der Waals surface area contributed by atoms with E-state index >= 15 is 0 Å². The van der Waals surface area contributed by atoms with Crippen LogP contribution in [0.2, 0.25) is 0 Å². The summed E-state index contributed by atoms with van der Waals surface area (Å²) in [6.45, 7) is 2.13. The molecular formula is C16H28O4. The number of aliphatic hydroxyl groups is 2. The molecule has 1 rings (SSSR count). The fraction of sp³-hybridized carbons (Fsp3) is 0.812. The Bertz CT molecular complexity index is 314. The average molecular weight is 284 g/mol. The molecule has 1 aliphatic carbocycles. The van der Waals surface area contributed by atoms with Crippen LogP contribution in [0.5, 0.6) is 0 Å². The van der Waals surface area contributed by atoms with Crippen molar-refractivity contribution < 1.29 is 20.1 Å². The van der Waals surface area contributed by atoms with Gasteiger partial charge in [-0.3, -0.25) is 4.79 Å². The normalized spacial score (nSPS) is 28.1. The van der Waals surface area contributed by atoms with Gasteiger partial charge in [0.15, 0.2) is 0 Å². The van der Waals surface area contributed by atoms with E-state index in [9.17, 15) is 15.0 Å². The quantitative estimate of drug-likeness (QED) is 0.449. The highest BCUT2D eigenvalue weighted by Crippen LogP contribution is 2.36. The number of carbonyl (C=O) groups is 1. The van der Waals surface area contributed by atoms with E-state index in [-0.39, 0.29) is 18.3 Å². The Morgan fingerprint density at radius 1 is 1.35 bits per heavy atom. The number of carboxylic acids is 1. The topological polar surface area (TPSA) is 77.8 Å². The molecule has 0 aromatic rings. The average Bonchev–Trinajstić information content (AvgIpc) is 2.75. The lowest BCUT2D eigenvalue weighted by atomic mass is 9.89. The molecule has 1 saturated carbocycles. The molecule has 0 saturated heterocycles. The van der Waals surface area contributed by atoms with Crippen LogP contribution in [0.25, 0.3) is 0 Å². The van der Waals surface area contributed by atoms with Gasteiger partial charge in [0, 0.05) is 6.42 Å². The van der Waals surface area contributed by atoms with E-state index in [0.29, 0.717) is 6.42 Å². The van der Waals surface area contributed by atoms with E-state index in [1.54, 1.807) is 0 Å². The number of hydrogen-bond donors (Lipinski definition) is 3. The molecule has 0 spiro atoms. The van der Waals surface area contributed by atoms with Crippen molar-refractivity contribution in [1.29, 1.82) is 0 Å². The largest absolute Gasteiger partial charge is 0.481 e. The number of hydrogen-bond acceptors (Lipinski definition) is 3. The second-order valence-corrected chi connectivity index (χ2v) is 5.85. The highest BCUT2D eigenvalue weighted by Gasteiger charge is 2.33. The van der Waals surface area contributed by atoms with Crippen molar-refractivity contribution in [3.05, 3.63) is 12.2 Å². The maximum atomic E-state index is 10.6. The van der Waals surface area contributed by atoms with E-state index < -0.39 is 18.2 Å². The zero-order valence-electron chi connectivity index (χ0n) is 12.4. The van der Waals surface area contributed by atoms with E-state index in [1.165, 1.54) is 0 Å². The molecule has 3 N–H and O–H groups in total. The van der Waals surface area contributed by atoms with Crippen LogP contribution in [-0.2, 0) is 4.79 Å². The van der Waals surface area contributed by atoms with Crippen LogP contribution in [-0.4, -0.2) is 33.5 Å². The molecule has 1 aliphatic rings. The van der Waals surface area contributed by atoms with E-state index in [2.05, 4.69) is 6.92 Å². The van der Waals surface area contributed by atoms with Gasteiger partial charge in [-0.1, -0.05) is 38.3 Å². The zero-order valence-corrected chi connectivity index (χ0v) is 12.4. The standard InChI is InChI=1S/C16H28O4/c1-2-3-4-5-13(17)8-6-12-7-10-15(18)14(12)9-11-16(19)20/h6,8,12-15,17-18H,2-5,7,9-11H2,1H3,(H,19,20)/t12-,13-,14+,15-/m0/s1. The van der Waals surface area contributed by atoms with E-state index in [1.807, 2.05) is 12.2 Å². The summed E-state index contributed by atoms with van der Waals surface area (Å²) in [4.78, 5) is 10.6. The maximum Gasteiger partial charge on any atom is 0.303 e. The van der Waals surface area contributed by atoms with Crippen LogP contribution in [0.3, 0.4) is 0 Å². The van der Waals surface area contributed by atoms with Crippen molar-refractivity contribution in [3.63, 3.8) is 0 Å². The molecule has 4 atom stereocenters. The van der Waals surface area contributed by atoms with Crippen molar-refractivity contribution in [2.24, 2.45) is 11.8 Å². The number of aliphatic hydroxyl groups excluding tert-OH is 2. The molecular weight excluding hydrogens is 256 g/mol. The molecule has 4 heteroatoms. The minimum Gasteiger partial charge on any atom is -0.481 e. The third kappa shape index (κ3) is 6.06. The van der Waals surface area contributed by atoms with Gasteiger partial charge in [-0.25, -0.2) is 0 Å². The number of aliphatic carboxylic acids is 1. The summed E-state index contributed by atoms with van der Waals surface area (Å²) >= 11 is 0. The maximum absolute atomic E-state index is 10.6. The first kappa shape index (κ1) is 17.2. The molecule has 0 bridgehead atoms. The third-order valence-corrected chi connectivity index (χ3v) is 4.22. The second kappa shape index (κ2) is 9.14. The van der Waals surface area contributed by atoms with Gasteiger partial charge >= 0.3 is 5.97 Å². The van der Waals surface area contributed by atoms with Crippen LogP contribution in [0.15, 0.2) is 12.2 Å². The highest BCUT2D eigenvalue weighted by atomic mass is 16.4. The summed E-state index contributed by atoms with van der Waals surface area (Å²) < 4.78 is 0. The number of rotatable bonds is 9. The first-order valence-electron chi connectivity index (χ1n) is 7.80. The minimum absolute atomic E-state index is 0.0187. The van der Waals surface area contributed by atoms with Gasteiger partial charge in [0.25, 0.3) is 0 Å². The highest BCUT2D eigenvalue weighted by molar-refractivity contribution is 5.66. The molecule has 0 amide bonds. The van der Waals surface area contributed by atoms with Gasteiger partial charge in [-0.15, -0.1) is 0 Å². The summed E-state index contributed by atoms with van der Waals surface area (Å²) in [6.07, 6.45) is 9.29. The van der Waals surface area contributed by atoms with Gasteiger partial charge in [-0.2, -0.15) is 0 Å². The lowest BCUT2D eigenvalue weighted by Gasteiger charge is -2.19. The van der Waals surface area contributed by atoms with Crippen LogP contribution in [0.1, 0.15) is 58.3 Å². The monoisotopic (exact) mass is 284 g/mol. The lowest BCUT2D eigenvalue weighted by Crippen LogP contribution is -2.19. The zero-order chi connectivity index (χ0) is 15.0. The number of unbranched alkanes of at least 4 members (excludes halogenated alkanes) is 2. The van der Waals surface area contributed by atoms with Gasteiger partial charge < -0.3 is 15.3 Å². The van der Waals surface area contributed by atoms with Crippen molar-refractivity contribution in [3.8, 4) is 0 Å². The molecule has 20 heavy (non-hydrogen) atoms. The summed E-state index contributed by atoms with van der Waals surface area (Å²) in [5.41, 5.74) is 0. The molecule has 116 valence electrons. The predicted octanol–water partition coefficient (Wildman–Crippen LogP) is 2.74. The number of allylic oxidation sites excluding steroid dienone is 1. The molecule has 0 aromatic carbocycles. The van der Waals surface area contributed by atoms with Crippen LogP contribution >= 0.6 is 0 Å². The first-order chi connectivity index (χ1) is 9.54. The number of carboxylic acid groups (broad SMARTS) is 1. The van der Waals surface area contributed by atoms with Crippen LogP contribution in [0.4, 0.5) is 0 Å². The Kier molecular flexibility index (Phi) is 7.85. The SMILES string of the molecule is CCCCC[C@H](O)C=C[C@H]1CC[C@H](O)[C@@H]1CCC(=O)O. The fourth-order valence-corrected chi connectivity index (χ4v) is 2.98. The Labute approximate surface area is 121 Å². The van der Waals surface area contributed by atoms with Crippen molar-refractivity contribution >= 4 is 5.97 Å². The molecule has 0 radical (unpaired) electrons. The van der Waals surface area contributed by atoms with E-state index in [4.69, 9.17) is 5.11 Å². The van der Waals surface area contributed by atoms with Crippen molar-refractivity contribution in [2.45, 2.75) is 70.5 Å². The molecule has 0 heterocycles. The van der Waals surface area contributed by atoms with Gasteiger partial charge in [-0.05, 0) is 37.5 Å². The molecule has 0 unspecified atom stereocenters. The molecule has 4 nitrogen and oxygen atoms in total. The van der Waals surface area contributed by atoms with Gasteiger partial charge in [0.2, 0.25) is 0 Å². The van der Waals surface area contributed by atoms with Crippen LogP contribution in [0, 0.1) is 11.8 Å². The minimum atomic E-state index is -0.813. The van der Waals surface area contributed by atoms with Gasteiger partial charge in [0.1, 0.15) is 0 Å². The van der Waals surface area contributed by atoms with Crippen molar-refractivity contribution in [1.82, 2.24) is 0 Å². The van der Waals surface area contributed by atoms with Crippen LogP contribution < -0.4 is 0 Å². The molecule has 0 aliphatic heterocycles. The second-order valence-electron chi connectivity index (χ2n) is 5.85. The summed E-state index contributed by atoms with van der Waals surface area (Å²) in [5, 5.41) is 28.5. The summed E-state index contributed by atoms with van der Waals surface area (Å²) in [6, 6.07) is 0. The first-order valence-corrected chi connectivity index (χ1v) is 7.80. The molecule has 0 aromatic heterocycles. The lowest BCUT2D eigenvalue weighted by molar-refractivity contribution is -0.137. The van der Waals surface area contributed by atoms with Crippen molar-refractivity contribution in [2.75, 3.05) is 0 Å². The van der Waals surface area contributed by atoms with E-state index in [0.717, 1.165) is 38.5 Å². The fourth-order valence-electron chi connectivity index (χ4n) is 2.98. The third-order valence-electron chi connectivity index (χ3n) is 4.22.